The summed E-state index contributed by atoms with van der Waals surface area (Å²) in [5.41, 5.74) is 3.27. The van der Waals surface area contributed by atoms with Gasteiger partial charge >= 0.3 is 0 Å². The second-order valence-electron chi connectivity index (χ2n) is 7.79. The summed E-state index contributed by atoms with van der Waals surface area (Å²) in [5.74, 6) is 0.514. The lowest BCUT2D eigenvalue weighted by atomic mass is 10.1. The van der Waals surface area contributed by atoms with Crippen LogP contribution in [0.2, 0.25) is 0 Å². The van der Waals surface area contributed by atoms with Crippen molar-refractivity contribution in [2.75, 3.05) is 11.9 Å². The standard InChI is InChI=1S/C25H26N4O3/c1-4-32-20-12-10-19(11-13-20)27-22(30)15-28-14-21(18-8-6-5-7-9-18)23-24(28)25(31)29(16-26-23)17(2)3/h5-14,16-17H,4,15H2,1-3H3,(H,27,30). The Morgan fingerprint density at radius 2 is 1.81 bits per heavy atom. The monoisotopic (exact) mass is 430 g/mol. The van der Waals surface area contributed by atoms with E-state index in [4.69, 9.17) is 4.74 Å². The number of hydrogen-bond donors (Lipinski definition) is 1. The molecule has 4 aromatic rings. The summed E-state index contributed by atoms with van der Waals surface area (Å²) in [7, 11) is 0. The van der Waals surface area contributed by atoms with Gasteiger partial charge in [0, 0.05) is 23.5 Å². The van der Waals surface area contributed by atoms with Crippen LogP contribution in [0, 0.1) is 0 Å². The smallest absolute Gasteiger partial charge is 0.278 e. The quantitative estimate of drug-likeness (QED) is 0.469. The summed E-state index contributed by atoms with van der Waals surface area (Å²) >= 11 is 0. The third-order valence-electron chi connectivity index (χ3n) is 5.20. The zero-order valence-electron chi connectivity index (χ0n) is 18.4. The first-order valence-electron chi connectivity index (χ1n) is 10.7. The zero-order chi connectivity index (χ0) is 22.7. The van der Waals surface area contributed by atoms with Crippen molar-refractivity contribution in [2.24, 2.45) is 0 Å². The number of nitrogens with one attached hydrogen (secondary N) is 1. The summed E-state index contributed by atoms with van der Waals surface area (Å²) in [4.78, 5) is 30.6. The molecule has 164 valence electrons. The molecular formula is C25H26N4O3. The fourth-order valence-corrected chi connectivity index (χ4v) is 3.67. The summed E-state index contributed by atoms with van der Waals surface area (Å²) in [6.45, 7) is 6.36. The second-order valence-corrected chi connectivity index (χ2v) is 7.79. The van der Waals surface area contributed by atoms with Crippen LogP contribution >= 0.6 is 0 Å². The van der Waals surface area contributed by atoms with Gasteiger partial charge < -0.3 is 14.6 Å². The number of ether oxygens (including phenoxy) is 1. The van der Waals surface area contributed by atoms with Crippen LogP contribution in [0.4, 0.5) is 5.69 Å². The second kappa shape index (κ2) is 9.09. The van der Waals surface area contributed by atoms with Crippen molar-refractivity contribution in [2.45, 2.75) is 33.4 Å². The maximum absolute atomic E-state index is 13.2. The maximum atomic E-state index is 13.2. The molecule has 32 heavy (non-hydrogen) atoms. The van der Waals surface area contributed by atoms with Gasteiger partial charge in [-0.1, -0.05) is 30.3 Å². The summed E-state index contributed by atoms with van der Waals surface area (Å²) < 4.78 is 8.71. The molecular weight excluding hydrogens is 404 g/mol. The van der Waals surface area contributed by atoms with E-state index in [9.17, 15) is 9.59 Å². The van der Waals surface area contributed by atoms with E-state index in [-0.39, 0.29) is 24.1 Å². The largest absolute Gasteiger partial charge is 0.494 e. The van der Waals surface area contributed by atoms with Crippen molar-refractivity contribution < 1.29 is 9.53 Å². The molecule has 0 aliphatic heterocycles. The molecule has 1 amide bonds. The Bertz CT molecular complexity index is 1290. The average Bonchev–Trinajstić information content (AvgIpc) is 3.15. The van der Waals surface area contributed by atoms with Gasteiger partial charge in [-0.05, 0) is 50.6 Å². The number of anilines is 1. The minimum absolute atomic E-state index is 0.00439. The van der Waals surface area contributed by atoms with Gasteiger partial charge in [0.25, 0.3) is 5.56 Å². The zero-order valence-corrected chi connectivity index (χ0v) is 18.4. The minimum atomic E-state index is -0.231. The van der Waals surface area contributed by atoms with Crippen molar-refractivity contribution in [1.82, 2.24) is 14.1 Å². The molecule has 7 heteroatoms. The van der Waals surface area contributed by atoms with Gasteiger partial charge in [0.05, 0.1) is 12.9 Å². The van der Waals surface area contributed by atoms with Crippen LogP contribution < -0.4 is 15.6 Å². The lowest BCUT2D eigenvalue weighted by Gasteiger charge is -2.11. The van der Waals surface area contributed by atoms with Gasteiger partial charge in [-0.3, -0.25) is 14.2 Å². The summed E-state index contributed by atoms with van der Waals surface area (Å²) in [6.07, 6.45) is 3.41. The van der Waals surface area contributed by atoms with E-state index in [1.165, 1.54) is 0 Å². The lowest BCUT2D eigenvalue weighted by molar-refractivity contribution is -0.116. The van der Waals surface area contributed by atoms with Gasteiger partial charge in [0.1, 0.15) is 23.3 Å². The molecule has 0 radical (unpaired) electrons. The number of benzene rings is 2. The highest BCUT2D eigenvalue weighted by Crippen LogP contribution is 2.28. The maximum Gasteiger partial charge on any atom is 0.278 e. The first-order chi connectivity index (χ1) is 15.5. The Balaban J connectivity index is 1.70. The molecule has 0 aliphatic rings. The number of amides is 1. The SMILES string of the molecule is CCOc1ccc(NC(=O)Cn2cc(-c3ccccc3)c3ncn(C(C)C)c(=O)c32)cc1. The summed E-state index contributed by atoms with van der Waals surface area (Å²) in [6, 6.07) is 16.9. The van der Waals surface area contributed by atoms with E-state index < -0.39 is 0 Å². The van der Waals surface area contributed by atoms with Crippen LogP contribution in [-0.4, -0.2) is 26.6 Å². The molecule has 2 aromatic heterocycles. The molecule has 1 N–H and O–H groups in total. The molecule has 2 aromatic carbocycles. The third kappa shape index (κ3) is 4.27. The summed E-state index contributed by atoms with van der Waals surface area (Å²) in [5, 5.41) is 2.89. The van der Waals surface area contributed by atoms with Crippen LogP contribution in [0.1, 0.15) is 26.8 Å². The minimum Gasteiger partial charge on any atom is -0.494 e. The lowest BCUT2D eigenvalue weighted by Crippen LogP contribution is -2.26. The Hall–Kier alpha value is -3.87. The van der Waals surface area contributed by atoms with Crippen LogP contribution in [0.5, 0.6) is 5.75 Å². The number of fused-ring (bicyclic) bond motifs is 1. The molecule has 2 heterocycles. The molecule has 7 nitrogen and oxygen atoms in total. The van der Waals surface area contributed by atoms with Gasteiger partial charge in [-0.2, -0.15) is 0 Å². The van der Waals surface area contributed by atoms with E-state index >= 15 is 0 Å². The van der Waals surface area contributed by atoms with E-state index in [0.717, 1.165) is 16.9 Å². The topological polar surface area (TPSA) is 78.2 Å². The van der Waals surface area contributed by atoms with Crippen molar-refractivity contribution in [3.63, 3.8) is 0 Å². The van der Waals surface area contributed by atoms with Crippen molar-refractivity contribution in [3.8, 4) is 16.9 Å². The van der Waals surface area contributed by atoms with Gasteiger partial charge in [-0.25, -0.2) is 4.98 Å². The predicted molar refractivity (Wildman–Crippen MR) is 126 cm³/mol. The predicted octanol–water partition coefficient (Wildman–Crippen LogP) is 4.48. The van der Waals surface area contributed by atoms with E-state index in [1.54, 1.807) is 27.6 Å². The van der Waals surface area contributed by atoms with Gasteiger partial charge in [0.2, 0.25) is 5.91 Å². The molecule has 0 saturated carbocycles. The molecule has 0 fully saturated rings. The molecule has 0 bridgehead atoms. The average molecular weight is 431 g/mol. The molecule has 4 rings (SSSR count). The molecule has 0 aliphatic carbocycles. The third-order valence-corrected chi connectivity index (χ3v) is 5.20. The number of nitrogens with zero attached hydrogens (tertiary/aromatic N) is 3. The van der Waals surface area contributed by atoms with Gasteiger partial charge in [0.15, 0.2) is 0 Å². The number of hydrogen-bond acceptors (Lipinski definition) is 4. The Morgan fingerprint density at radius 1 is 1.09 bits per heavy atom. The van der Waals surface area contributed by atoms with E-state index in [2.05, 4.69) is 10.3 Å². The Labute approximate surface area is 186 Å². The highest BCUT2D eigenvalue weighted by molar-refractivity contribution is 5.95. The normalized spacial score (nSPS) is 11.1. The van der Waals surface area contributed by atoms with Gasteiger partial charge in [-0.15, -0.1) is 0 Å². The Kier molecular flexibility index (Phi) is 6.07. The fraction of sp³-hybridized carbons (Fsp3) is 0.240. The highest BCUT2D eigenvalue weighted by atomic mass is 16.5. The fourth-order valence-electron chi connectivity index (χ4n) is 3.67. The molecule has 0 saturated heterocycles. The van der Waals surface area contributed by atoms with E-state index in [1.807, 2.05) is 69.4 Å². The van der Waals surface area contributed by atoms with Crippen LogP contribution in [-0.2, 0) is 11.3 Å². The molecule has 0 unspecified atom stereocenters. The Morgan fingerprint density at radius 3 is 2.47 bits per heavy atom. The van der Waals surface area contributed by atoms with Crippen LogP contribution in [0.3, 0.4) is 0 Å². The van der Waals surface area contributed by atoms with E-state index in [0.29, 0.717) is 23.3 Å². The van der Waals surface area contributed by atoms with Crippen molar-refractivity contribution >= 4 is 22.6 Å². The van der Waals surface area contributed by atoms with Crippen LogP contribution in [0.25, 0.3) is 22.2 Å². The van der Waals surface area contributed by atoms with Crippen molar-refractivity contribution in [3.05, 3.63) is 77.5 Å². The number of rotatable bonds is 7. The first-order valence-corrected chi connectivity index (χ1v) is 10.7. The number of carbonyl (C=O) groups is 1. The highest BCUT2D eigenvalue weighted by Gasteiger charge is 2.18. The first kappa shape index (κ1) is 21.4. The van der Waals surface area contributed by atoms with Crippen molar-refractivity contribution in [1.29, 1.82) is 0 Å². The molecule has 0 spiro atoms. The molecule has 0 atom stereocenters. The number of aromatic nitrogens is 3. The number of carbonyl (C=O) groups excluding carboxylic acids is 1. The van der Waals surface area contributed by atoms with Crippen LogP contribution in [0.15, 0.2) is 71.9 Å².